The number of nitrogens with one attached hydrogen (secondary N) is 1. The third kappa shape index (κ3) is 7.98. The third-order valence-corrected chi connectivity index (χ3v) is 5.93. The number of carbonyl (C=O) groups is 1. The number of benzene rings is 3. The van der Waals surface area contributed by atoms with Crippen molar-refractivity contribution >= 4 is 55.6 Å². The van der Waals surface area contributed by atoms with Crippen molar-refractivity contribution in [1.29, 1.82) is 0 Å². The fourth-order valence-electron chi connectivity index (χ4n) is 3.08. The van der Waals surface area contributed by atoms with Crippen molar-refractivity contribution in [2.45, 2.75) is 26.9 Å². The summed E-state index contributed by atoms with van der Waals surface area (Å²) in [4.78, 5) is 12.7. The highest BCUT2D eigenvalue weighted by Gasteiger charge is 2.13. The maximum absolute atomic E-state index is 12.7. The quantitative estimate of drug-likeness (QED) is 0.178. The first kappa shape index (κ1) is 27.0. The number of nitrogens with zero attached hydrogens (tertiary/aromatic N) is 1. The Kier molecular flexibility index (Phi) is 10.4. The van der Waals surface area contributed by atoms with Gasteiger partial charge in [0.1, 0.15) is 12.4 Å². The Hall–Kier alpha value is -2.55. The molecule has 3 rings (SSSR count). The molecule has 0 saturated heterocycles. The molecule has 0 atom stereocenters. The highest BCUT2D eigenvalue weighted by Crippen LogP contribution is 2.33. The molecule has 0 bridgehead atoms. The number of ether oxygens (including phenoxy) is 3. The van der Waals surface area contributed by atoms with Crippen LogP contribution in [0.25, 0.3) is 0 Å². The molecule has 0 fully saturated rings. The van der Waals surface area contributed by atoms with Crippen LogP contribution in [0.3, 0.4) is 0 Å². The van der Waals surface area contributed by atoms with Crippen LogP contribution in [-0.4, -0.2) is 25.3 Å². The smallest absolute Gasteiger partial charge is 0.271 e. The molecule has 184 valence electrons. The van der Waals surface area contributed by atoms with Crippen molar-refractivity contribution in [3.8, 4) is 17.2 Å². The van der Waals surface area contributed by atoms with Crippen LogP contribution in [-0.2, 0) is 6.61 Å². The summed E-state index contributed by atoms with van der Waals surface area (Å²) >= 11 is 13.1. The number of rotatable bonds is 11. The fraction of sp³-hybridized carbons (Fsp3) is 0.231. The predicted molar refractivity (Wildman–Crippen MR) is 146 cm³/mol. The zero-order valence-electron chi connectivity index (χ0n) is 19.3. The van der Waals surface area contributed by atoms with E-state index in [4.69, 9.17) is 25.8 Å². The first-order valence-electron chi connectivity index (χ1n) is 11.0. The zero-order valence-corrected chi connectivity index (χ0v) is 23.2. The van der Waals surface area contributed by atoms with E-state index in [0.29, 0.717) is 53.2 Å². The van der Waals surface area contributed by atoms with E-state index in [1.54, 1.807) is 18.2 Å². The molecule has 0 aliphatic carbocycles. The minimum atomic E-state index is -0.375. The summed E-state index contributed by atoms with van der Waals surface area (Å²) in [6.45, 7) is 5.25. The van der Waals surface area contributed by atoms with Gasteiger partial charge >= 0.3 is 0 Å². The normalized spacial score (nSPS) is 10.9. The monoisotopic (exact) mass is 622 g/mol. The Morgan fingerprint density at radius 1 is 1.03 bits per heavy atom. The Labute approximate surface area is 226 Å². The van der Waals surface area contributed by atoms with Gasteiger partial charge in [-0.1, -0.05) is 46.6 Å². The van der Waals surface area contributed by atoms with E-state index >= 15 is 0 Å². The van der Waals surface area contributed by atoms with Crippen LogP contribution < -0.4 is 19.6 Å². The van der Waals surface area contributed by atoms with Crippen LogP contribution in [0, 0.1) is 0 Å². The SMILES string of the molecule is CCCOc1ccc(C(=O)N/N=C/c2cc(Br)cc(Br)c2OCc2cccc(Cl)c2)cc1OCC. The zero-order chi connectivity index (χ0) is 25.2. The van der Waals surface area contributed by atoms with Crippen LogP contribution in [0.5, 0.6) is 17.2 Å². The highest BCUT2D eigenvalue weighted by molar-refractivity contribution is 9.11. The summed E-state index contributed by atoms with van der Waals surface area (Å²) in [5, 5.41) is 4.78. The second kappa shape index (κ2) is 13.5. The lowest BCUT2D eigenvalue weighted by Crippen LogP contribution is -2.18. The van der Waals surface area contributed by atoms with Gasteiger partial charge in [0.05, 0.1) is 23.9 Å². The van der Waals surface area contributed by atoms with Crippen molar-refractivity contribution in [3.05, 3.63) is 85.3 Å². The molecule has 35 heavy (non-hydrogen) atoms. The van der Waals surface area contributed by atoms with E-state index in [0.717, 1.165) is 20.9 Å². The summed E-state index contributed by atoms with van der Waals surface area (Å²) in [5.41, 5.74) is 4.57. The lowest BCUT2D eigenvalue weighted by atomic mass is 10.2. The summed E-state index contributed by atoms with van der Waals surface area (Å²) in [7, 11) is 0. The van der Waals surface area contributed by atoms with Gasteiger partial charge in [0, 0.05) is 20.6 Å². The first-order chi connectivity index (χ1) is 16.9. The predicted octanol–water partition coefficient (Wildman–Crippen LogP) is 7.40. The van der Waals surface area contributed by atoms with Crippen LogP contribution in [0.2, 0.25) is 5.02 Å². The topological polar surface area (TPSA) is 69.2 Å². The molecule has 0 aromatic heterocycles. The fourth-order valence-corrected chi connectivity index (χ4v) is 4.67. The summed E-state index contributed by atoms with van der Waals surface area (Å²) in [6.07, 6.45) is 2.40. The second-order valence-electron chi connectivity index (χ2n) is 7.37. The van der Waals surface area contributed by atoms with Gasteiger partial charge in [-0.3, -0.25) is 4.79 Å². The van der Waals surface area contributed by atoms with Crippen molar-refractivity contribution in [1.82, 2.24) is 5.43 Å². The van der Waals surface area contributed by atoms with Crippen LogP contribution in [0.4, 0.5) is 0 Å². The van der Waals surface area contributed by atoms with Gasteiger partial charge in [0.2, 0.25) is 0 Å². The summed E-state index contributed by atoms with van der Waals surface area (Å²) < 4.78 is 18.9. The highest BCUT2D eigenvalue weighted by atomic mass is 79.9. The number of hydrogen-bond acceptors (Lipinski definition) is 5. The van der Waals surface area contributed by atoms with Crippen LogP contribution in [0.15, 0.2) is 68.6 Å². The standard InChI is InChI=1S/C26H25Br2ClN2O4/c1-3-10-34-23-9-8-18(13-24(23)33-4-2)26(32)31-30-15-19-12-20(27)14-22(28)25(19)35-16-17-6-5-7-21(29)11-17/h5-9,11-15H,3-4,10,16H2,1-2H3,(H,31,32)/b30-15+. The molecule has 0 unspecified atom stereocenters. The maximum Gasteiger partial charge on any atom is 0.271 e. The van der Waals surface area contributed by atoms with Crippen LogP contribution in [0.1, 0.15) is 41.8 Å². The third-order valence-electron chi connectivity index (χ3n) is 4.65. The Morgan fingerprint density at radius 2 is 1.86 bits per heavy atom. The lowest BCUT2D eigenvalue weighted by molar-refractivity contribution is 0.0954. The maximum atomic E-state index is 12.7. The molecule has 0 aliphatic heterocycles. The molecule has 0 saturated carbocycles. The van der Waals surface area contributed by atoms with E-state index < -0.39 is 0 Å². The van der Waals surface area contributed by atoms with Gasteiger partial charge in [-0.2, -0.15) is 5.10 Å². The molecular weight excluding hydrogens is 600 g/mol. The summed E-state index contributed by atoms with van der Waals surface area (Å²) in [6, 6.07) is 16.2. The molecule has 1 N–H and O–H groups in total. The van der Waals surface area contributed by atoms with Gasteiger partial charge in [-0.05, 0) is 77.3 Å². The molecular formula is C26H25Br2ClN2O4. The lowest BCUT2D eigenvalue weighted by Gasteiger charge is -2.13. The largest absolute Gasteiger partial charge is 0.490 e. The molecule has 3 aromatic rings. The van der Waals surface area contributed by atoms with Crippen LogP contribution >= 0.6 is 43.5 Å². The van der Waals surface area contributed by atoms with Crippen molar-refractivity contribution < 1.29 is 19.0 Å². The van der Waals surface area contributed by atoms with E-state index in [1.807, 2.05) is 50.2 Å². The van der Waals surface area contributed by atoms with Crippen molar-refractivity contribution in [3.63, 3.8) is 0 Å². The number of hydrazone groups is 1. The van der Waals surface area contributed by atoms with E-state index in [1.165, 1.54) is 6.21 Å². The van der Waals surface area contributed by atoms with Gasteiger partial charge < -0.3 is 14.2 Å². The Balaban J connectivity index is 1.73. The average Bonchev–Trinajstić information content (AvgIpc) is 2.82. The average molecular weight is 625 g/mol. The molecule has 0 radical (unpaired) electrons. The molecule has 9 heteroatoms. The molecule has 1 amide bonds. The first-order valence-corrected chi connectivity index (χ1v) is 13.0. The van der Waals surface area contributed by atoms with E-state index in [-0.39, 0.29) is 5.91 Å². The van der Waals surface area contributed by atoms with Gasteiger partial charge in [-0.15, -0.1) is 0 Å². The minimum Gasteiger partial charge on any atom is -0.490 e. The number of halogens is 3. The van der Waals surface area contributed by atoms with Gasteiger partial charge in [0.25, 0.3) is 5.91 Å². The minimum absolute atomic E-state index is 0.320. The van der Waals surface area contributed by atoms with Gasteiger partial charge in [0.15, 0.2) is 11.5 Å². The van der Waals surface area contributed by atoms with E-state index in [9.17, 15) is 4.79 Å². The molecule has 3 aromatic carbocycles. The number of hydrogen-bond donors (Lipinski definition) is 1. The molecule has 0 heterocycles. The van der Waals surface area contributed by atoms with E-state index in [2.05, 4.69) is 42.4 Å². The van der Waals surface area contributed by atoms with Crippen molar-refractivity contribution in [2.24, 2.45) is 5.10 Å². The Bertz CT molecular complexity index is 1200. The number of carbonyl (C=O) groups excluding carboxylic acids is 1. The Morgan fingerprint density at radius 3 is 2.60 bits per heavy atom. The van der Waals surface area contributed by atoms with Gasteiger partial charge in [-0.25, -0.2) is 5.43 Å². The number of amides is 1. The second-order valence-corrected chi connectivity index (χ2v) is 9.57. The summed E-state index contributed by atoms with van der Waals surface area (Å²) in [5.74, 6) is 1.33. The molecule has 0 aliphatic rings. The molecule has 6 nitrogen and oxygen atoms in total. The van der Waals surface area contributed by atoms with Crippen molar-refractivity contribution in [2.75, 3.05) is 13.2 Å². The molecule has 0 spiro atoms.